The van der Waals surface area contributed by atoms with Gasteiger partial charge in [-0.05, 0) is 50.0 Å². The third-order valence-corrected chi connectivity index (χ3v) is 4.33. The second-order valence-corrected chi connectivity index (χ2v) is 7.43. The molecule has 1 rings (SSSR count). The topological polar surface area (TPSA) is 21.3 Å². The van der Waals surface area contributed by atoms with Crippen molar-refractivity contribution in [3.63, 3.8) is 0 Å². The van der Waals surface area contributed by atoms with Gasteiger partial charge < -0.3 is 10.1 Å². The van der Waals surface area contributed by atoms with Crippen molar-refractivity contribution < 1.29 is 4.74 Å². The zero-order chi connectivity index (χ0) is 13.8. The molecule has 2 heteroatoms. The standard InChI is InChI=1S/C16H33NO/c1-12(2)13-7-8-14(17-6)15(11-13)18-10-9-16(3,4)5/h12-15,17H,7-11H2,1-6H3. The Kier molecular flexibility index (Phi) is 6.13. The Labute approximate surface area is 114 Å². The molecule has 0 aromatic heterocycles. The largest absolute Gasteiger partial charge is 0.377 e. The molecule has 3 unspecified atom stereocenters. The van der Waals surface area contributed by atoms with Gasteiger partial charge in [0, 0.05) is 12.6 Å². The van der Waals surface area contributed by atoms with E-state index >= 15 is 0 Å². The van der Waals surface area contributed by atoms with Crippen molar-refractivity contribution in [3.8, 4) is 0 Å². The molecule has 0 saturated heterocycles. The lowest BCUT2D eigenvalue weighted by atomic mass is 9.78. The van der Waals surface area contributed by atoms with Crippen molar-refractivity contribution in [2.24, 2.45) is 17.3 Å². The van der Waals surface area contributed by atoms with E-state index in [2.05, 4.69) is 47.0 Å². The van der Waals surface area contributed by atoms with Crippen LogP contribution in [-0.2, 0) is 4.74 Å². The molecule has 1 aliphatic carbocycles. The fourth-order valence-electron chi connectivity index (χ4n) is 2.80. The maximum atomic E-state index is 6.18. The number of ether oxygens (including phenoxy) is 1. The minimum atomic E-state index is 0.376. The van der Waals surface area contributed by atoms with Crippen LogP contribution in [0.5, 0.6) is 0 Å². The van der Waals surface area contributed by atoms with Crippen LogP contribution in [0.15, 0.2) is 0 Å². The lowest BCUT2D eigenvalue weighted by Gasteiger charge is -2.38. The van der Waals surface area contributed by atoms with Crippen LogP contribution in [-0.4, -0.2) is 25.8 Å². The first-order chi connectivity index (χ1) is 8.33. The number of nitrogens with one attached hydrogen (secondary N) is 1. The van der Waals surface area contributed by atoms with Crippen molar-refractivity contribution in [1.82, 2.24) is 5.32 Å². The van der Waals surface area contributed by atoms with Crippen LogP contribution in [0.4, 0.5) is 0 Å². The van der Waals surface area contributed by atoms with Crippen LogP contribution in [0.3, 0.4) is 0 Å². The summed E-state index contributed by atoms with van der Waals surface area (Å²) in [6, 6.07) is 0.556. The predicted octanol–water partition coefficient (Wildman–Crippen LogP) is 3.85. The van der Waals surface area contributed by atoms with E-state index in [0.717, 1.165) is 24.9 Å². The third kappa shape index (κ3) is 5.27. The fraction of sp³-hybridized carbons (Fsp3) is 1.00. The van der Waals surface area contributed by atoms with Gasteiger partial charge in [-0.2, -0.15) is 0 Å². The molecule has 0 bridgehead atoms. The van der Waals surface area contributed by atoms with Gasteiger partial charge in [0.2, 0.25) is 0 Å². The zero-order valence-electron chi connectivity index (χ0n) is 13.3. The first-order valence-electron chi connectivity index (χ1n) is 7.62. The molecular formula is C16H33NO. The molecule has 0 aromatic rings. The lowest BCUT2D eigenvalue weighted by Crippen LogP contribution is -2.45. The summed E-state index contributed by atoms with van der Waals surface area (Å²) in [6.07, 6.45) is 5.40. The van der Waals surface area contributed by atoms with Crippen LogP contribution >= 0.6 is 0 Å². The summed E-state index contributed by atoms with van der Waals surface area (Å²) >= 11 is 0. The van der Waals surface area contributed by atoms with Crippen molar-refractivity contribution in [1.29, 1.82) is 0 Å². The Hall–Kier alpha value is -0.0800. The molecule has 18 heavy (non-hydrogen) atoms. The number of rotatable bonds is 5. The Bertz CT molecular complexity index is 232. The summed E-state index contributed by atoms with van der Waals surface area (Å²) in [5.74, 6) is 1.63. The van der Waals surface area contributed by atoms with E-state index in [4.69, 9.17) is 4.74 Å². The van der Waals surface area contributed by atoms with E-state index in [1.807, 2.05) is 0 Å². The summed E-state index contributed by atoms with van der Waals surface area (Å²) < 4.78 is 6.18. The van der Waals surface area contributed by atoms with Crippen LogP contribution < -0.4 is 5.32 Å². The maximum Gasteiger partial charge on any atom is 0.0730 e. The summed E-state index contributed by atoms with van der Waals surface area (Å²) in [5, 5.41) is 3.44. The molecule has 0 heterocycles. The summed E-state index contributed by atoms with van der Waals surface area (Å²) in [7, 11) is 2.07. The van der Waals surface area contributed by atoms with Crippen LogP contribution in [0, 0.1) is 17.3 Å². The first-order valence-corrected chi connectivity index (χ1v) is 7.62. The monoisotopic (exact) mass is 255 g/mol. The minimum Gasteiger partial charge on any atom is -0.377 e. The van der Waals surface area contributed by atoms with E-state index in [-0.39, 0.29) is 0 Å². The van der Waals surface area contributed by atoms with Gasteiger partial charge in [0.1, 0.15) is 0 Å². The highest BCUT2D eigenvalue weighted by Gasteiger charge is 2.31. The highest BCUT2D eigenvalue weighted by atomic mass is 16.5. The molecule has 0 aromatic carbocycles. The van der Waals surface area contributed by atoms with Gasteiger partial charge in [-0.15, -0.1) is 0 Å². The van der Waals surface area contributed by atoms with Crippen LogP contribution in [0.1, 0.15) is 60.3 Å². The average molecular weight is 255 g/mol. The van der Waals surface area contributed by atoms with Crippen molar-refractivity contribution >= 4 is 0 Å². The molecular weight excluding hydrogens is 222 g/mol. The summed E-state index contributed by atoms with van der Waals surface area (Å²) in [6.45, 7) is 12.4. The number of likely N-dealkylation sites (N-methyl/N-ethyl adjacent to an activating group) is 1. The van der Waals surface area contributed by atoms with Crippen molar-refractivity contribution in [2.45, 2.75) is 72.4 Å². The van der Waals surface area contributed by atoms with Gasteiger partial charge in [0.05, 0.1) is 6.10 Å². The molecule has 0 spiro atoms. The minimum absolute atomic E-state index is 0.376. The van der Waals surface area contributed by atoms with E-state index in [0.29, 0.717) is 17.6 Å². The SMILES string of the molecule is CNC1CCC(C(C)C)CC1OCCC(C)(C)C. The van der Waals surface area contributed by atoms with Gasteiger partial charge >= 0.3 is 0 Å². The van der Waals surface area contributed by atoms with Crippen LogP contribution in [0.2, 0.25) is 0 Å². The molecule has 108 valence electrons. The Morgan fingerprint density at radius 1 is 1.22 bits per heavy atom. The highest BCUT2D eigenvalue weighted by molar-refractivity contribution is 4.86. The van der Waals surface area contributed by atoms with Gasteiger partial charge in [0.15, 0.2) is 0 Å². The molecule has 2 nitrogen and oxygen atoms in total. The summed E-state index contributed by atoms with van der Waals surface area (Å²) in [4.78, 5) is 0. The van der Waals surface area contributed by atoms with E-state index < -0.39 is 0 Å². The van der Waals surface area contributed by atoms with Crippen molar-refractivity contribution in [2.75, 3.05) is 13.7 Å². The number of hydrogen-bond acceptors (Lipinski definition) is 2. The molecule has 1 aliphatic rings. The second-order valence-electron chi connectivity index (χ2n) is 7.43. The van der Waals surface area contributed by atoms with Gasteiger partial charge in [-0.3, -0.25) is 0 Å². The Balaban J connectivity index is 2.43. The predicted molar refractivity (Wildman–Crippen MR) is 78.8 cm³/mol. The van der Waals surface area contributed by atoms with E-state index in [1.165, 1.54) is 19.3 Å². The smallest absolute Gasteiger partial charge is 0.0730 e. The number of hydrogen-bond donors (Lipinski definition) is 1. The van der Waals surface area contributed by atoms with Gasteiger partial charge in [-0.25, -0.2) is 0 Å². The second kappa shape index (κ2) is 6.91. The van der Waals surface area contributed by atoms with Crippen molar-refractivity contribution in [3.05, 3.63) is 0 Å². The molecule has 1 N–H and O–H groups in total. The summed E-state index contributed by atoms with van der Waals surface area (Å²) in [5.41, 5.74) is 0.376. The molecule has 0 aliphatic heterocycles. The fourth-order valence-corrected chi connectivity index (χ4v) is 2.80. The van der Waals surface area contributed by atoms with Gasteiger partial charge in [-0.1, -0.05) is 34.6 Å². The first kappa shape index (κ1) is 16.0. The normalized spacial score (nSPS) is 29.8. The highest BCUT2D eigenvalue weighted by Crippen LogP contribution is 2.32. The average Bonchev–Trinajstić information content (AvgIpc) is 2.27. The zero-order valence-corrected chi connectivity index (χ0v) is 13.3. The molecule has 1 fully saturated rings. The van der Waals surface area contributed by atoms with E-state index in [9.17, 15) is 0 Å². The maximum absolute atomic E-state index is 6.18. The van der Waals surface area contributed by atoms with E-state index in [1.54, 1.807) is 0 Å². The van der Waals surface area contributed by atoms with Gasteiger partial charge in [0.25, 0.3) is 0 Å². The Morgan fingerprint density at radius 3 is 2.39 bits per heavy atom. The molecule has 0 radical (unpaired) electrons. The molecule has 3 atom stereocenters. The Morgan fingerprint density at radius 2 is 1.89 bits per heavy atom. The molecule has 0 amide bonds. The quantitative estimate of drug-likeness (QED) is 0.805. The molecule has 1 saturated carbocycles. The van der Waals surface area contributed by atoms with Crippen LogP contribution in [0.25, 0.3) is 0 Å². The third-order valence-electron chi connectivity index (χ3n) is 4.33. The lowest BCUT2D eigenvalue weighted by molar-refractivity contribution is -0.0232.